The van der Waals surface area contributed by atoms with E-state index in [4.69, 9.17) is 0 Å². The number of aromatic nitrogens is 2. The molecule has 5 nitrogen and oxygen atoms in total. The van der Waals surface area contributed by atoms with Crippen molar-refractivity contribution in [3.8, 4) is 0 Å². The third-order valence-corrected chi connectivity index (χ3v) is 3.32. The molecule has 17 heavy (non-hydrogen) atoms. The molecule has 0 saturated carbocycles. The summed E-state index contributed by atoms with van der Waals surface area (Å²) in [5.74, 6) is 1.50. The Morgan fingerprint density at radius 2 is 2.00 bits per heavy atom. The van der Waals surface area contributed by atoms with Gasteiger partial charge in [0.15, 0.2) is 0 Å². The Morgan fingerprint density at radius 3 is 2.65 bits per heavy atom. The van der Waals surface area contributed by atoms with Crippen LogP contribution in [0.3, 0.4) is 0 Å². The Kier molecular flexibility index (Phi) is 3.78. The summed E-state index contributed by atoms with van der Waals surface area (Å²) in [5.41, 5.74) is 3.40. The quantitative estimate of drug-likeness (QED) is 0.840. The van der Waals surface area contributed by atoms with E-state index in [0.717, 1.165) is 5.82 Å². The first-order valence-corrected chi connectivity index (χ1v) is 6.26. The number of hydrazine groups is 1. The van der Waals surface area contributed by atoms with E-state index in [0.29, 0.717) is 18.0 Å². The summed E-state index contributed by atoms with van der Waals surface area (Å²) in [6, 6.07) is 2.99. The molecule has 1 saturated heterocycles. The summed E-state index contributed by atoms with van der Waals surface area (Å²) in [5, 5.41) is 5.24. The van der Waals surface area contributed by atoms with Gasteiger partial charge in [-0.2, -0.15) is 4.98 Å². The van der Waals surface area contributed by atoms with Gasteiger partial charge >= 0.3 is 0 Å². The van der Waals surface area contributed by atoms with E-state index >= 15 is 0 Å². The van der Waals surface area contributed by atoms with E-state index in [1.807, 2.05) is 13.1 Å². The van der Waals surface area contributed by atoms with Crippen molar-refractivity contribution >= 4 is 11.8 Å². The van der Waals surface area contributed by atoms with Crippen molar-refractivity contribution < 1.29 is 0 Å². The Hall–Kier alpha value is -1.36. The maximum Gasteiger partial charge on any atom is 0.224 e. The van der Waals surface area contributed by atoms with Gasteiger partial charge in [-0.25, -0.2) is 9.99 Å². The number of piperidine rings is 1. The monoisotopic (exact) mass is 235 g/mol. The highest BCUT2D eigenvalue weighted by Crippen LogP contribution is 2.22. The molecule has 0 aromatic carbocycles. The average molecular weight is 235 g/mol. The Labute approximate surface area is 103 Å². The largest absolute Gasteiger partial charge is 0.357 e. The predicted molar refractivity (Wildman–Crippen MR) is 69.8 cm³/mol. The minimum Gasteiger partial charge on any atom is -0.357 e. The highest BCUT2D eigenvalue weighted by atomic mass is 15.5. The standard InChI is InChI=1S/C12H21N5/c1-9-5-4-6-10(2)17(9)16-11-7-8-14-12(13-3)15-11/h7-10H,4-6H2,1-3H3,(H2,13,14,15,16). The van der Waals surface area contributed by atoms with Crippen LogP contribution in [-0.4, -0.2) is 34.1 Å². The van der Waals surface area contributed by atoms with Crippen LogP contribution in [0, 0.1) is 0 Å². The molecule has 0 spiro atoms. The van der Waals surface area contributed by atoms with E-state index < -0.39 is 0 Å². The van der Waals surface area contributed by atoms with Gasteiger partial charge in [0, 0.05) is 31.4 Å². The van der Waals surface area contributed by atoms with Gasteiger partial charge in [-0.05, 0) is 26.7 Å². The Morgan fingerprint density at radius 1 is 1.29 bits per heavy atom. The predicted octanol–water partition coefficient (Wildman–Crippen LogP) is 2.11. The fourth-order valence-electron chi connectivity index (χ4n) is 2.32. The first-order chi connectivity index (χ1) is 8.20. The molecular formula is C12H21N5. The number of hydrogen-bond donors (Lipinski definition) is 2. The topological polar surface area (TPSA) is 53.1 Å². The summed E-state index contributed by atoms with van der Waals surface area (Å²) in [4.78, 5) is 8.49. The third-order valence-electron chi connectivity index (χ3n) is 3.32. The molecule has 1 aromatic rings. The van der Waals surface area contributed by atoms with Gasteiger partial charge in [0.25, 0.3) is 0 Å². The maximum atomic E-state index is 4.38. The van der Waals surface area contributed by atoms with Crippen molar-refractivity contribution in [2.24, 2.45) is 0 Å². The zero-order valence-electron chi connectivity index (χ0n) is 10.8. The van der Waals surface area contributed by atoms with Gasteiger partial charge in [-0.3, -0.25) is 0 Å². The normalized spacial score (nSPS) is 25.6. The molecular weight excluding hydrogens is 214 g/mol. The van der Waals surface area contributed by atoms with Crippen LogP contribution >= 0.6 is 0 Å². The lowest BCUT2D eigenvalue weighted by Gasteiger charge is -2.39. The number of nitrogens with zero attached hydrogens (tertiary/aromatic N) is 3. The van der Waals surface area contributed by atoms with Crippen LogP contribution < -0.4 is 10.7 Å². The van der Waals surface area contributed by atoms with Crippen molar-refractivity contribution in [1.82, 2.24) is 15.0 Å². The fourth-order valence-corrected chi connectivity index (χ4v) is 2.32. The minimum atomic E-state index is 0.548. The molecule has 1 aliphatic rings. The molecule has 1 aliphatic heterocycles. The number of anilines is 2. The maximum absolute atomic E-state index is 4.38. The van der Waals surface area contributed by atoms with Gasteiger partial charge < -0.3 is 10.7 Å². The summed E-state index contributed by atoms with van der Waals surface area (Å²) in [7, 11) is 1.82. The highest BCUT2D eigenvalue weighted by Gasteiger charge is 2.24. The smallest absolute Gasteiger partial charge is 0.224 e. The number of rotatable bonds is 3. The molecule has 0 radical (unpaired) electrons. The summed E-state index contributed by atoms with van der Waals surface area (Å²) >= 11 is 0. The van der Waals surface area contributed by atoms with Crippen LogP contribution in [0.5, 0.6) is 0 Å². The lowest BCUT2D eigenvalue weighted by Crippen LogP contribution is -2.47. The molecule has 1 aromatic heterocycles. The van der Waals surface area contributed by atoms with E-state index in [2.05, 4.69) is 39.6 Å². The summed E-state index contributed by atoms with van der Waals surface area (Å²) in [6.07, 6.45) is 5.55. The molecule has 0 amide bonds. The third kappa shape index (κ3) is 2.85. The zero-order chi connectivity index (χ0) is 12.3. The van der Waals surface area contributed by atoms with Crippen LogP contribution in [0.1, 0.15) is 33.1 Å². The lowest BCUT2D eigenvalue weighted by molar-refractivity contribution is 0.135. The molecule has 0 aliphatic carbocycles. The Bertz CT molecular complexity index is 358. The van der Waals surface area contributed by atoms with Crippen molar-refractivity contribution in [3.05, 3.63) is 12.3 Å². The fraction of sp³-hybridized carbons (Fsp3) is 0.667. The van der Waals surface area contributed by atoms with Crippen LogP contribution in [-0.2, 0) is 0 Å². The number of nitrogens with one attached hydrogen (secondary N) is 2. The SMILES string of the molecule is CNc1nccc(NN2C(C)CCCC2C)n1. The van der Waals surface area contributed by atoms with Crippen molar-refractivity contribution in [3.63, 3.8) is 0 Å². The number of hydrogen-bond acceptors (Lipinski definition) is 5. The highest BCUT2D eigenvalue weighted by molar-refractivity contribution is 5.38. The van der Waals surface area contributed by atoms with Crippen molar-refractivity contribution in [2.45, 2.75) is 45.2 Å². The molecule has 94 valence electrons. The van der Waals surface area contributed by atoms with Crippen LogP contribution in [0.4, 0.5) is 11.8 Å². The van der Waals surface area contributed by atoms with Crippen LogP contribution in [0.25, 0.3) is 0 Å². The van der Waals surface area contributed by atoms with Gasteiger partial charge in [-0.15, -0.1) is 0 Å². The molecule has 1 fully saturated rings. The van der Waals surface area contributed by atoms with Gasteiger partial charge in [0.05, 0.1) is 0 Å². The molecule has 5 heteroatoms. The molecule has 0 bridgehead atoms. The van der Waals surface area contributed by atoms with Crippen LogP contribution in [0.2, 0.25) is 0 Å². The average Bonchev–Trinajstić information content (AvgIpc) is 2.34. The van der Waals surface area contributed by atoms with Crippen LogP contribution in [0.15, 0.2) is 12.3 Å². The van der Waals surface area contributed by atoms with E-state index in [9.17, 15) is 0 Å². The van der Waals surface area contributed by atoms with E-state index in [1.165, 1.54) is 19.3 Å². The Balaban J connectivity index is 2.07. The lowest BCUT2D eigenvalue weighted by atomic mass is 10.00. The molecule has 2 N–H and O–H groups in total. The molecule has 2 unspecified atom stereocenters. The van der Waals surface area contributed by atoms with Gasteiger partial charge in [0.1, 0.15) is 5.82 Å². The molecule has 2 heterocycles. The second-order valence-corrected chi connectivity index (χ2v) is 4.66. The van der Waals surface area contributed by atoms with Gasteiger partial charge in [-0.1, -0.05) is 6.42 Å². The van der Waals surface area contributed by atoms with E-state index in [1.54, 1.807) is 6.20 Å². The zero-order valence-corrected chi connectivity index (χ0v) is 10.8. The summed E-state index contributed by atoms with van der Waals surface area (Å²) in [6.45, 7) is 4.51. The minimum absolute atomic E-state index is 0.548. The van der Waals surface area contributed by atoms with Gasteiger partial charge in [0.2, 0.25) is 5.95 Å². The molecule has 2 rings (SSSR count). The van der Waals surface area contributed by atoms with Crippen molar-refractivity contribution in [1.29, 1.82) is 0 Å². The van der Waals surface area contributed by atoms with Crippen molar-refractivity contribution in [2.75, 3.05) is 17.8 Å². The molecule has 2 atom stereocenters. The first kappa shape index (κ1) is 12.1. The van der Waals surface area contributed by atoms with E-state index in [-0.39, 0.29) is 0 Å². The first-order valence-electron chi connectivity index (χ1n) is 6.26. The summed E-state index contributed by atoms with van der Waals surface area (Å²) < 4.78 is 0. The second-order valence-electron chi connectivity index (χ2n) is 4.66. The second kappa shape index (κ2) is 5.31.